The highest BCUT2D eigenvalue weighted by Gasteiger charge is 2.19. The van der Waals surface area contributed by atoms with E-state index in [0.717, 1.165) is 52.9 Å². The van der Waals surface area contributed by atoms with Gasteiger partial charge in [0.05, 0.1) is 7.11 Å². The summed E-state index contributed by atoms with van der Waals surface area (Å²) >= 11 is 3.44. The average molecular weight is 535 g/mol. The van der Waals surface area contributed by atoms with Gasteiger partial charge in [-0.1, -0.05) is 28.1 Å². The normalized spacial score (nSPS) is 14.3. The van der Waals surface area contributed by atoms with E-state index in [9.17, 15) is 4.79 Å². The van der Waals surface area contributed by atoms with Crippen LogP contribution in [0.4, 0.5) is 5.69 Å². The van der Waals surface area contributed by atoms with Crippen LogP contribution >= 0.6 is 15.9 Å². The lowest BCUT2D eigenvalue weighted by Crippen LogP contribution is -2.46. The third-order valence-electron chi connectivity index (χ3n) is 6.32. The Hall–Kier alpha value is -3.29. The van der Waals surface area contributed by atoms with Gasteiger partial charge in [-0.15, -0.1) is 0 Å². The van der Waals surface area contributed by atoms with Gasteiger partial charge in [-0.2, -0.15) is 0 Å². The smallest absolute Gasteiger partial charge is 0.336 e. The predicted octanol–water partition coefficient (Wildman–Crippen LogP) is 5.47. The monoisotopic (exact) mass is 534 g/mol. The molecule has 7 heteroatoms. The van der Waals surface area contributed by atoms with E-state index in [1.54, 1.807) is 19.2 Å². The van der Waals surface area contributed by atoms with E-state index in [1.807, 2.05) is 48.5 Å². The second-order valence-corrected chi connectivity index (χ2v) is 9.54. The van der Waals surface area contributed by atoms with E-state index in [-0.39, 0.29) is 5.63 Å². The van der Waals surface area contributed by atoms with Crippen LogP contribution in [-0.4, -0.2) is 38.2 Å². The molecule has 35 heavy (non-hydrogen) atoms. The van der Waals surface area contributed by atoms with E-state index in [2.05, 4.69) is 37.9 Å². The number of halogens is 1. The Morgan fingerprint density at radius 1 is 0.886 bits per heavy atom. The molecule has 0 bridgehead atoms. The molecule has 0 aliphatic carbocycles. The molecule has 1 aliphatic rings. The Kier molecular flexibility index (Phi) is 7.06. The number of methoxy groups -OCH3 is 1. The Morgan fingerprint density at radius 2 is 1.60 bits per heavy atom. The number of nitrogens with zero attached hydrogens (tertiary/aromatic N) is 2. The largest absolute Gasteiger partial charge is 0.497 e. The van der Waals surface area contributed by atoms with Crippen LogP contribution in [0.2, 0.25) is 0 Å². The molecule has 0 radical (unpaired) electrons. The van der Waals surface area contributed by atoms with Gasteiger partial charge in [0, 0.05) is 60.4 Å². The SMILES string of the molecule is COc1ccc(N2CCN(Cc3cc(=O)oc4cc(OCc5ccc(Br)cc5)ccc34)CC2)cc1. The van der Waals surface area contributed by atoms with Gasteiger partial charge in [0.2, 0.25) is 0 Å². The Bertz CT molecular complexity index is 1340. The van der Waals surface area contributed by atoms with Gasteiger partial charge in [0.1, 0.15) is 23.7 Å². The van der Waals surface area contributed by atoms with Crippen molar-refractivity contribution in [3.8, 4) is 11.5 Å². The van der Waals surface area contributed by atoms with Gasteiger partial charge < -0.3 is 18.8 Å². The lowest BCUT2D eigenvalue weighted by molar-refractivity contribution is 0.250. The number of anilines is 1. The molecule has 6 nitrogen and oxygen atoms in total. The summed E-state index contributed by atoms with van der Waals surface area (Å²) in [6.45, 7) is 4.85. The van der Waals surface area contributed by atoms with Gasteiger partial charge in [-0.25, -0.2) is 4.79 Å². The molecule has 1 fully saturated rings. The summed E-state index contributed by atoms with van der Waals surface area (Å²) in [5.41, 5.74) is 3.46. The fourth-order valence-electron chi connectivity index (χ4n) is 4.38. The maximum Gasteiger partial charge on any atom is 0.336 e. The van der Waals surface area contributed by atoms with Crippen LogP contribution in [-0.2, 0) is 13.2 Å². The second kappa shape index (κ2) is 10.5. The minimum absolute atomic E-state index is 0.338. The fourth-order valence-corrected chi connectivity index (χ4v) is 4.64. The molecular weight excluding hydrogens is 508 g/mol. The van der Waals surface area contributed by atoms with E-state index >= 15 is 0 Å². The summed E-state index contributed by atoms with van der Waals surface area (Å²) in [4.78, 5) is 17.1. The topological polar surface area (TPSA) is 55.2 Å². The molecule has 2 heterocycles. The van der Waals surface area contributed by atoms with Crippen LogP contribution in [0.15, 0.2) is 86.5 Å². The number of rotatable bonds is 7. The molecule has 180 valence electrons. The van der Waals surface area contributed by atoms with Crippen molar-refractivity contribution >= 4 is 32.6 Å². The first-order chi connectivity index (χ1) is 17.1. The van der Waals surface area contributed by atoms with E-state index in [4.69, 9.17) is 13.9 Å². The zero-order chi connectivity index (χ0) is 24.2. The van der Waals surface area contributed by atoms with Crippen molar-refractivity contribution in [2.24, 2.45) is 0 Å². The van der Waals surface area contributed by atoms with Crippen molar-refractivity contribution in [1.82, 2.24) is 4.90 Å². The fraction of sp³-hybridized carbons (Fsp3) is 0.250. The summed E-state index contributed by atoms with van der Waals surface area (Å²) in [5, 5.41) is 0.943. The minimum atomic E-state index is -0.338. The zero-order valence-electron chi connectivity index (χ0n) is 19.6. The van der Waals surface area contributed by atoms with Crippen molar-refractivity contribution < 1.29 is 13.9 Å². The number of hydrogen-bond donors (Lipinski definition) is 0. The summed E-state index contributed by atoms with van der Waals surface area (Å²) in [6.07, 6.45) is 0. The predicted molar refractivity (Wildman–Crippen MR) is 141 cm³/mol. The summed E-state index contributed by atoms with van der Waals surface area (Å²) in [5.74, 6) is 1.54. The van der Waals surface area contributed by atoms with Gasteiger partial charge in [0.15, 0.2) is 0 Å². The molecule has 3 aromatic carbocycles. The first-order valence-corrected chi connectivity index (χ1v) is 12.4. The number of piperazine rings is 1. The Balaban J connectivity index is 1.25. The van der Waals surface area contributed by atoms with Crippen LogP contribution in [0.25, 0.3) is 11.0 Å². The van der Waals surface area contributed by atoms with Gasteiger partial charge >= 0.3 is 5.63 Å². The zero-order valence-corrected chi connectivity index (χ0v) is 21.2. The van der Waals surface area contributed by atoms with Gasteiger partial charge in [0.25, 0.3) is 0 Å². The molecule has 0 unspecified atom stereocenters. The third kappa shape index (κ3) is 5.69. The highest BCUT2D eigenvalue weighted by Crippen LogP contribution is 2.26. The molecule has 0 amide bonds. The van der Waals surface area contributed by atoms with E-state index < -0.39 is 0 Å². The number of hydrogen-bond acceptors (Lipinski definition) is 6. The van der Waals surface area contributed by atoms with Crippen LogP contribution in [0.5, 0.6) is 11.5 Å². The molecule has 0 saturated carbocycles. The highest BCUT2D eigenvalue weighted by molar-refractivity contribution is 9.10. The molecule has 1 aromatic heterocycles. The minimum Gasteiger partial charge on any atom is -0.497 e. The summed E-state index contributed by atoms with van der Waals surface area (Å²) < 4.78 is 17.7. The first-order valence-electron chi connectivity index (χ1n) is 11.6. The molecule has 0 spiro atoms. The molecular formula is C28H27BrN2O4. The summed E-state index contributed by atoms with van der Waals surface area (Å²) in [6, 6.07) is 23.5. The highest BCUT2D eigenvalue weighted by atomic mass is 79.9. The van der Waals surface area contributed by atoms with E-state index in [1.165, 1.54) is 5.69 Å². The number of benzene rings is 3. The molecule has 1 aliphatic heterocycles. The van der Waals surface area contributed by atoms with Crippen molar-refractivity contribution in [2.75, 3.05) is 38.2 Å². The van der Waals surface area contributed by atoms with Crippen LogP contribution < -0.4 is 20.0 Å². The molecule has 0 atom stereocenters. The molecule has 1 saturated heterocycles. The number of ether oxygens (including phenoxy) is 2. The van der Waals surface area contributed by atoms with Crippen LogP contribution in [0.1, 0.15) is 11.1 Å². The van der Waals surface area contributed by atoms with E-state index in [0.29, 0.717) is 24.5 Å². The molecule has 0 N–H and O–H groups in total. The van der Waals surface area contributed by atoms with Crippen molar-refractivity contribution in [3.05, 3.63) is 98.8 Å². The lowest BCUT2D eigenvalue weighted by atomic mass is 10.1. The molecule has 5 rings (SSSR count). The van der Waals surface area contributed by atoms with Gasteiger partial charge in [-0.3, -0.25) is 4.90 Å². The lowest BCUT2D eigenvalue weighted by Gasteiger charge is -2.36. The third-order valence-corrected chi connectivity index (χ3v) is 6.85. The second-order valence-electron chi connectivity index (χ2n) is 8.63. The Labute approximate surface area is 212 Å². The average Bonchev–Trinajstić information content (AvgIpc) is 2.88. The van der Waals surface area contributed by atoms with Crippen molar-refractivity contribution in [2.45, 2.75) is 13.2 Å². The summed E-state index contributed by atoms with van der Waals surface area (Å²) in [7, 11) is 1.68. The number of fused-ring (bicyclic) bond motifs is 1. The van der Waals surface area contributed by atoms with Crippen LogP contribution in [0.3, 0.4) is 0 Å². The maximum atomic E-state index is 12.3. The van der Waals surface area contributed by atoms with Crippen molar-refractivity contribution in [1.29, 1.82) is 0 Å². The maximum absolute atomic E-state index is 12.3. The van der Waals surface area contributed by atoms with Crippen molar-refractivity contribution in [3.63, 3.8) is 0 Å². The molecule has 4 aromatic rings. The van der Waals surface area contributed by atoms with Gasteiger partial charge in [-0.05, 0) is 59.7 Å². The quantitative estimate of drug-likeness (QED) is 0.293. The van der Waals surface area contributed by atoms with Crippen LogP contribution in [0, 0.1) is 0 Å². The standard InChI is InChI=1S/C28H27BrN2O4/c1-33-24-8-6-23(7-9-24)31-14-12-30(13-15-31)18-21-16-28(32)35-27-17-25(10-11-26(21)27)34-19-20-2-4-22(29)5-3-20/h2-11,16-17H,12-15,18-19H2,1H3. The Morgan fingerprint density at radius 3 is 2.31 bits per heavy atom. The first kappa shape index (κ1) is 23.5.